The Labute approximate surface area is 185 Å². The van der Waals surface area contributed by atoms with Crippen molar-refractivity contribution in [2.45, 2.75) is 44.8 Å². The molecule has 0 saturated carbocycles. The molecule has 1 aromatic heterocycles. The SMILES string of the molecule is CC(c1c[nH]c2ccc(N(Cc3ccccc3)Cc3ccccc3)cc12)C1CCCN1. The summed E-state index contributed by atoms with van der Waals surface area (Å²) in [5, 5.41) is 5.04. The Balaban J connectivity index is 1.50. The lowest BCUT2D eigenvalue weighted by Gasteiger charge is -2.26. The third kappa shape index (κ3) is 4.38. The molecule has 3 aromatic carbocycles. The molecule has 0 bridgehead atoms. The van der Waals surface area contributed by atoms with Crippen LogP contribution in [0.5, 0.6) is 0 Å². The van der Waals surface area contributed by atoms with E-state index in [0.717, 1.165) is 19.6 Å². The summed E-state index contributed by atoms with van der Waals surface area (Å²) >= 11 is 0. The van der Waals surface area contributed by atoms with E-state index in [1.54, 1.807) is 0 Å². The first-order valence-electron chi connectivity index (χ1n) is 11.4. The van der Waals surface area contributed by atoms with Crippen LogP contribution < -0.4 is 10.2 Å². The molecule has 0 aliphatic carbocycles. The standard InChI is InChI=1S/C28H31N3/c1-21(27-13-8-16-29-27)26-18-30-28-15-14-24(17-25(26)28)31(19-22-9-4-2-5-10-22)20-23-11-6-3-7-12-23/h2-7,9-12,14-15,17-18,21,27,29-30H,8,13,16,19-20H2,1H3. The summed E-state index contributed by atoms with van der Waals surface area (Å²) in [4.78, 5) is 6.00. The average molecular weight is 410 g/mol. The molecular formula is C28H31N3. The number of aromatic nitrogens is 1. The summed E-state index contributed by atoms with van der Waals surface area (Å²) in [6, 6.07) is 29.0. The molecule has 3 heteroatoms. The average Bonchev–Trinajstić information content (AvgIpc) is 3.50. The highest BCUT2D eigenvalue weighted by molar-refractivity contribution is 5.87. The first kappa shape index (κ1) is 19.9. The van der Waals surface area contributed by atoms with Crippen molar-refractivity contribution in [2.24, 2.45) is 0 Å². The number of H-pyrrole nitrogens is 1. The molecule has 5 rings (SSSR count). The third-order valence-electron chi connectivity index (χ3n) is 6.69. The zero-order valence-electron chi connectivity index (χ0n) is 18.2. The molecule has 0 radical (unpaired) electrons. The highest BCUT2D eigenvalue weighted by Gasteiger charge is 2.24. The van der Waals surface area contributed by atoms with Gasteiger partial charge in [-0.15, -0.1) is 0 Å². The number of rotatable bonds is 7. The van der Waals surface area contributed by atoms with E-state index in [1.807, 2.05) is 0 Å². The second kappa shape index (κ2) is 8.99. The van der Waals surface area contributed by atoms with Crippen LogP contribution in [0.2, 0.25) is 0 Å². The van der Waals surface area contributed by atoms with Gasteiger partial charge in [0.1, 0.15) is 0 Å². The number of nitrogens with zero attached hydrogens (tertiary/aromatic N) is 1. The second-order valence-corrected chi connectivity index (χ2v) is 8.79. The van der Waals surface area contributed by atoms with Gasteiger partial charge in [0.25, 0.3) is 0 Å². The van der Waals surface area contributed by atoms with Crippen molar-refractivity contribution in [1.82, 2.24) is 10.3 Å². The first-order valence-corrected chi connectivity index (χ1v) is 11.4. The summed E-state index contributed by atoms with van der Waals surface area (Å²) in [6.07, 6.45) is 4.77. The van der Waals surface area contributed by atoms with Gasteiger partial charge in [-0.3, -0.25) is 0 Å². The fourth-order valence-corrected chi connectivity index (χ4v) is 4.90. The summed E-state index contributed by atoms with van der Waals surface area (Å²) in [5.74, 6) is 0.503. The molecule has 4 aromatic rings. The maximum Gasteiger partial charge on any atom is 0.0458 e. The van der Waals surface area contributed by atoms with Gasteiger partial charge in [-0.25, -0.2) is 0 Å². The summed E-state index contributed by atoms with van der Waals surface area (Å²) in [5.41, 5.74) is 6.58. The number of hydrogen-bond donors (Lipinski definition) is 2. The van der Waals surface area contributed by atoms with Gasteiger partial charge in [-0.05, 0) is 60.2 Å². The van der Waals surface area contributed by atoms with Crippen LogP contribution in [0.3, 0.4) is 0 Å². The van der Waals surface area contributed by atoms with Crippen molar-refractivity contribution in [2.75, 3.05) is 11.4 Å². The van der Waals surface area contributed by atoms with E-state index in [0.29, 0.717) is 12.0 Å². The van der Waals surface area contributed by atoms with E-state index in [9.17, 15) is 0 Å². The Bertz CT molecular complexity index is 1070. The van der Waals surface area contributed by atoms with Crippen molar-refractivity contribution in [1.29, 1.82) is 0 Å². The molecule has 1 saturated heterocycles. The molecule has 3 nitrogen and oxygen atoms in total. The Morgan fingerprint density at radius 2 is 1.58 bits per heavy atom. The van der Waals surface area contributed by atoms with Crippen molar-refractivity contribution < 1.29 is 0 Å². The predicted molar refractivity (Wildman–Crippen MR) is 131 cm³/mol. The topological polar surface area (TPSA) is 31.1 Å². The molecule has 1 fully saturated rings. The normalized spacial score (nSPS) is 17.1. The number of benzene rings is 3. The predicted octanol–water partition coefficient (Wildman–Crippen LogP) is 6.23. The third-order valence-corrected chi connectivity index (χ3v) is 6.69. The summed E-state index contributed by atoms with van der Waals surface area (Å²) < 4.78 is 0. The quantitative estimate of drug-likeness (QED) is 0.379. The van der Waals surface area contributed by atoms with E-state index < -0.39 is 0 Å². The van der Waals surface area contributed by atoms with Crippen LogP contribution in [-0.2, 0) is 13.1 Å². The van der Waals surface area contributed by atoms with Crippen LogP contribution in [-0.4, -0.2) is 17.6 Å². The molecule has 2 unspecified atom stereocenters. The minimum absolute atomic E-state index is 0.503. The fraction of sp³-hybridized carbons (Fsp3) is 0.286. The number of aromatic amines is 1. The largest absolute Gasteiger partial charge is 0.363 e. The summed E-state index contributed by atoms with van der Waals surface area (Å²) in [6.45, 7) is 5.29. The Hall–Kier alpha value is -3.04. The maximum atomic E-state index is 3.69. The first-order chi connectivity index (χ1) is 15.3. The Kier molecular flexibility index (Phi) is 5.77. The minimum atomic E-state index is 0.503. The van der Waals surface area contributed by atoms with Crippen LogP contribution >= 0.6 is 0 Å². The van der Waals surface area contributed by atoms with Crippen LogP contribution in [0, 0.1) is 0 Å². The lowest BCUT2D eigenvalue weighted by molar-refractivity contribution is 0.520. The highest BCUT2D eigenvalue weighted by Crippen LogP contribution is 2.33. The van der Waals surface area contributed by atoms with Crippen LogP contribution in [0.4, 0.5) is 5.69 Å². The molecule has 1 aliphatic heterocycles. The fourth-order valence-electron chi connectivity index (χ4n) is 4.90. The summed E-state index contributed by atoms with van der Waals surface area (Å²) in [7, 11) is 0. The van der Waals surface area contributed by atoms with Crippen molar-refractivity contribution >= 4 is 16.6 Å². The van der Waals surface area contributed by atoms with Gasteiger partial charge in [-0.1, -0.05) is 67.6 Å². The van der Waals surface area contributed by atoms with E-state index in [2.05, 4.69) is 107 Å². The number of hydrogen-bond acceptors (Lipinski definition) is 2. The van der Waals surface area contributed by atoms with Gasteiger partial charge in [0.15, 0.2) is 0 Å². The minimum Gasteiger partial charge on any atom is -0.363 e. The zero-order valence-corrected chi connectivity index (χ0v) is 18.2. The van der Waals surface area contributed by atoms with Crippen molar-refractivity contribution in [3.05, 3.63) is 102 Å². The van der Waals surface area contributed by atoms with Gasteiger partial charge in [0.2, 0.25) is 0 Å². The molecule has 158 valence electrons. The molecule has 2 atom stereocenters. The Morgan fingerprint density at radius 1 is 0.903 bits per heavy atom. The molecule has 0 amide bonds. The molecule has 2 heterocycles. The van der Waals surface area contributed by atoms with Gasteiger partial charge in [0.05, 0.1) is 0 Å². The van der Waals surface area contributed by atoms with Crippen LogP contribution in [0.1, 0.15) is 42.4 Å². The van der Waals surface area contributed by atoms with E-state index in [1.165, 1.54) is 46.1 Å². The molecule has 1 aliphatic rings. The molecule has 0 spiro atoms. The van der Waals surface area contributed by atoms with E-state index in [-0.39, 0.29) is 0 Å². The van der Waals surface area contributed by atoms with E-state index in [4.69, 9.17) is 0 Å². The zero-order chi connectivity index (χ0) is 21.0. The molecule has 2 N–H and O–H groups in total. The van der Waals surface area contributed by atoms with E-state index >= 15 is 0 Å². The van der Waals surface area contributed by atoms with Crippen LogP contribution in [0.25, 0.3) is 10.9 Å². The van der Waals surface area contributed by atoms with Crippen LogP contribution in [0.15, 0.2) is 85.1 Å². The highest BCUT2D eigenvalue weighted by atomic mass is 15.1. The van der Waals surface area contributed by atoms with Gasteiger partial charge in [-0.2, -0.15) is 0 Å². The van der Waals surface area contributed by atoms with Gasteiger partial charge < -0.3 is 15.2 Å². The molecule has 31 heavy (non-hydrogen) atoms. The van der Waals surface area contributed by atoms with Gasteiger partial charge >= 0.3 is 0 Å². The smallest absolute Gasteiger partial charge is 0.0458 e. The Morgan fingerprint density at radius 3 is 2.19 bits per heavy atom. The van der Waals surface area contributed by atoms with Crippen molar-refractivity contribution in [3.8, 4) is 0 Å². The number of nitrogens with one attached hydrogen (secondary N) is 2. The lowest BCUT2D eigenvalue weighted by Crippen LogP contribution is -2.27. The molecular weight excluding hydrogens is 378 g/mol. The number of fused-ring (bicyclic) bond motifs is 1. The monoisotopic (exact) mass is 409 g/mol. The lowest BCUT2D eigenvalue weighted by atomic mass is 9.92. The van der Waals surface area contributed by atoms with Gasteiger partial charge in [0, 0.05) is 41.9 Å². The number of anilines is 1. The van der Waals surface area contributed by atoms with Crippen molar-refractivity contribution in [3.63, 3.8) is 0 Å². The second-order valence-electron chi connectivity index (χ2n) is 8.79. The maximum absolute atomic E-state index is 3.69.